The minimum absolute atomic E-state index is 0.0505. The average Bonchev–Trinajstić information content (AvgIpc) is 2.72. The van der Waals surface area contributed by atoms with Crippen LogP contribution < -0.4 is 11.3 Å². The summed E-state index contributed by atoms with van der Waals surface area (Å²) in [6.45, 7) is 4.20. The van der Waals surface area contributed by atoms with E-state index in [1.165, 1.54) is 11.1 Å². The number of rotatable bonds is 5. The Balaban J connectivity index is 2.33. The first kappa shape index (κ1) is 16.7. The summed E-state index contributed by atoms with van der Waals surface area (Å²) >= 11 is 7.16. The number of halogens is 2. The van der Waals surface area contributed by atoms with Crippen LogP contribution in [0.4, 0.5) is 0 Å². The highest BCUT2D eigenvalue weighted by Crippen LogP contribution is 2.28. The van der Waals surface area contributed by atoms with Crippen molar-refractivity contribution < 1.29 is 0 Å². The third-order valence-corrected chi connectivity index (χ3v) is 5.12. The lowest BCUT2D eigenvalue weighted by Crippen LogP contribution is -2.30. The molecular weight excluding hydrogens is 396 g/mol. The monoisotopic (exact) mass is 414 g/mol. The molecule has 4 nitrogen and oxygen atoms in total. The van der Waals surface area contributed by atoms with Crippen LogP contribution in [0.15, 0.2) is 27.1 Å². The fourth-order valence-electron chi connectivity index (χ4n) is 2.52. The summed E-state index contributed by atoms with van der Waals surface area (Å²) in [7, 11) is 1.97. The van der Waals surface area contributed by atoms with Crippen LogP contribution in [0, 0.1) is 6.92 Å². The number of hydrogen-bond donors (Lipinski definition) is 2. The van der Waals surface area contributed by atoms with Gasteiger partial charge in [-0.1, -0.05) is 28.9 Å². The smallest absolute Gasteiger partial charge is 0.0766 e. The summed E-state index contributed by atoms with van der Waals surface area (Å²) in [5, 5.41) is 4.54. The SMILES string of the molecule is CCc1nn(C)c(CC(NN)c2ccc(Br)cc2C)c1Br. The largest absolute Gasteiger partial charge is 0.271 e. The molecule has 2 aromatic rings. The van der Waals surface area contributed by atoms with Crippen molar-refractivity contribution in [2.45, 2.75) is 32.7 Å². The Hall–Kier alpha value is -0.690. The Labute approximate surface area is 142 Å². The van der Waals surface area contributed by atoms with Gasteiger partial charge in [0.25, 0.3) is 0 Å². The molecule has 0 saturated heterocycles. The summed E-state index contributed by atoms with van der Waals surface area (Å²) in [5.41, 5.74) is 7.57. The van der Waals surface area contributed by atoms with E-state index in [0.29, 0.717) is 0 Å². The van der Waals surface area contributed by atoms with Gasteiger partial charge < -0.3 is 0 Å². The number of nitrogens with zero attached hydrogens (tertiary/aromatic N) is 2. The van der Waals surface area contributed by atoms with Crippen molar-refractivity contribution in [2.24, 2.45) is 12.9 Å². The molecule has 0 bridgehead atoms. The minimum atomic E-state index is 0.0505. The summed E-state index contributed by atoms with van der Waals surface area (Å²) in [6.07, 6.45) is 1.69. The predicted molar refractivity (Wildman–Crippen MR) is 92.9 cm³/mol. The van der Waals surface area contributed by atoms with Crippen LogP contribution in [0.3, 0.4) is 0 Å². The highest BCUT2D eigenvalue weighted by molar-refractivity contribution is 9.10. The molecule has 1 atom stereocenters. The molecule has 2 rings (SSSR count). The number of hydrogen-bond acceptors (Lipinski definition) is 3. The molecule has 0 spiro atoms. The van der Waals surface area contributed by atoms with E-state index in [1.54, 1.807) is 0 Å². The van der Waals surface area contributed by atoms with Gasteiger partial charge in [0, 0.05) is 17.9 Å². The standard InChI is InChI=1S/C15H20Br2N4/c1-4-12-15(17)14(21(3)20-12)8-13(19-18)11-6-5-10(16)7-9(11)2/h5-7,13,19H,4,8,18H2,1-3H3. The van der Waals surface area contributed by atoms with Crippen molar-refractivity contribution in [1.29, 1.82) is 0 Å². The molecule has 1 aromatic heterocycles. The first-order valence-corrected chi connectivity index (χ1v) is 8.48. The molecule has 0 saturated carbocycles. The maximum absolute atomic E-state index is 5.79. The quantitative estimate of drug-likeness (QED) is 0.579. The molecular formula is C15H20Br2N4. The van der Waals surface area contributed by atoms with E-state index >= 15 is 0 Å². The Bertz CT molecular complexity index is 637. The molecule has 3 N–H and O–H groups in total. The van der Waals surface area contributed by atoms with Gasteiger partial charge in [-0.3, -0.25) is 16.0 Å². The van der Waals surface area contributed by atoms with Crippen LogP contribution in [0.5, 0.6) is 0 Å². The number of benzene rings is 1. The normalized spacial score (nSPS) is 12.7. The van der Waals surface area contributed by atoms with Crippen molar-refractivity contribution in [3.8, 4) is 0 Å². The maximum atomic E-state index is 5.79. The van der Waals surface area contributed by atoms with Crippen LogP contribution in [0.25, 0.3) is 0 Å². The molecule has 0 aliphatic heterocycles. The topological polar surface area (TPSA) is 55.9 Å². The van der Waals surface area contributed by atoms with E-state index in [0.717, 1.165) is 33.2 Å². The first-order valence-electron chi connectivity index (χ1n) is 6.90. The highest BCUT2D eigenvalue weighted by Gasteiger charge is 2.19. The number of nitrogens with one attached hydrogen (secondary N) is 1. The molecule has 1 heterocycles. The fraction of sp³-hybridized carbons (Fsp3) is 0.400. The molecule has 1 unspecified atom stereocenters. The maximum Gasteiger partial charge on any atom is 0.0766 e. The predicted octanol–water partition coefficient (Wildman–Crippen LogP) is 3.56. The highest BCUT2D eigenvalue weighted by atomic mass is 79.9. The molecule has 114 valence electrons. The van der Waals surface area contributed by atoms with Gasteiger partial charge in [-0.2, -0.15) is 5.10 Å². The second-order valence-corrected chi connectivity index (χ2v) is 6.82. The van der Waals surface area contributed by atoms with Crippen molar-refractivity contribution in [2.75, 3.05) is 0 Å². The molecule has 1 aromatic carbocycles. The summed E-state index contributed by atoms with van der Waals surface area (Å²) in [6, 6.07) is 6.31. The van der Waals surface area contributed by atoms with E-state index in [9.17, 15) is 0 Å². The van der Waals surface area contributed by atoms with Gasteiger partial charge in [0.2, 0.25) is 0 Å². The Kier molecular flexibility index (Phi) is 5.60. The number of hydrazine groups is 1. The lowest BCUT2D eigenvalue weighted by molar-refractivity contribution is 0.527. The lowest BCUT2D eigenvalue weighted by Gasteiger charge is -2.19. The van der Waals surface area contributed by atoms with Gasteiger partial charge in [0.1, 0.15) is 0 Å². The Morgan fingerprint density at radius 2 is 2.10 bits per heavy atom. The second kappa shape index (κ2) is 7.05. The molecule has 0 aliphatic carbocycles. The van der Waals surface area contributed by atoms with E-state index in [4.69, 9.17) is 5.84 Å². The van der Waals surface area contributed by atoms with Gasteiger partial charge in [0.05, 0.1) is 21.9 Å². The van der Waals surface area contributed by atoms with Crippen molar-refractivity contribution in [3.63, 3.8) is 0 Å². The zero-order chi connectivity index (χ0) is 15.6. The van der Waals surface area contributed by atoms with Crippen LogP contribution in [0.1, 0.15) is 35.5 Å². The van der Waals surface area contributed by atoms with Crippen molar-refractivity contribution >= 4 is 31.9 Å². The Morgan fingerprint density at radius 3 is 2.62 bits per heavy atom. The van der Waals surface area contributed by atoms with Crippen LogP contribution in [-0.4, -0.2) is 9.78 Å². The summed E-state index contributed by atoms with van der Waals surface area (Å²) in [5.74, 6) is 5.79. The third-order valence-electron chi connectivity index (χ3n) is 3.71. The van der Waals surface area contributed by atoms with E-state index in [1.807, 2.05) is 17.8 Å². The number of nitrogens with two attached hydrogens (primary N) is 1. The van der Waals surface area contributed by atoms with E-state index in [2.05, 4.69) is 68.4 Å². The van der Waals surface area contributed by atoms with Crippen LogP contribution in [0.2, 0.25) is 0 Å². The summed E-state index contributed by atoms with van der Waals surface area (Å²) < 4.78 is 4.10. The van der Waals surface area contributed by atoms with Crippen molar-refractivity contribution in [3.05, 3.63) is 49.7 Å². The van der Waals surface area contributed by atoms with Gasteiger partial charge >= 0.3 is 0 Å². The average molecular weight is 416 g/mol. The molecule has 6 heteroatoms. The van der Waals surface area contributed by atoms with Gasteiger partial charge in [-0.05, 0) is 52.5 Å². The Morgan fingerprint density at radius 1 is 1.38 bits per heavy atom. The minimum Gasteiger partial charge on any atom is -0.271 e. The van der Waals surface area contributed by atoms with Gasteiger partial charge in [-0.25, -0.2) is 0 Å². The molecule has 0 radical (unpaired) electrons. The van der Waals surface area contributed by atoms with E-state index in [-0.39, 0.29) is 6.04 Å². The summed E-state index contributed by atoms with van der Waals surface area (Å²) in [4.78, 5) is 0. The first-order chi connectivity index (χ1) is 9.97. The molecule has 0 aliphatic rings. The fourth-order valence-corrected chi connectivity index (χ4v) is 3.78. The van der Waals surface area contributed by atoms with E-state index < -0.39 is 0 Å². The van der Waals surface area contributed by atoms with Crippen molar-refractivity contribution in [1.82, 2.24) is 15.2 Å². The zero-order valence-electron chi connectivity index (χ0n) is 12.5. The molecule has 21 heavy (non-hydrogen) atoms. The number of aryl methyl sites for hydroxylation is 3. The van der Waals surface area contributed by atoms with Gasteiger partial charge in [-0.15, -0.1) is 0 Å². The lowest BCUT2D eigenvalue weighted by atomic mass is 9.98. The number of aromatic nitrogens is 2. The zero-order valence-corrected chi connectivity index (χ0v) is 15.6. The van der Waals surface area contributed by atoms with Crippen LogP contribution in [-0.2, 0) is 19.9 Å². The third kappa shape index (κ3) is 3.56. The molecule has 0 amide bonds. The van der Waals surface area contributed by atoms with Gasteiger partial charge in [0.15, 0.2) is 0 Å². The molecule has 0 fully saturated rings. The second-order valence-electron chi connectivity index (χ2n) is 5.11. The van der Waals surface area contributed by atoms with Crippen LogP contribution >= 0.6 is 31.9 Å².